The lowest BCUT2D eigenvalue weighted by atomic mass is 9.74. The molecule has 2 rings (SSSR count). The van der Waals surface area contributed by atoms with Crippen LogP contribution in [-0.2, 0) is 16.8 Å². The molecule has 1 aromatic rings. The number of hydrogen-bond acceptors (Lipinski definition) is 3. The summed E-state index contributed by atoms with van der Waals surface area (Å²) in [4.78, 5) is 11.4. The van der Waals surface area contributed by atoms with Gasteiger partial charge in [0.2, 0.25) is 5.91 Å². The fourth-order valence-corrected chi connectivity index (χ4v) is 3.15. The molecule has 1 aromatic carbocycles. The van der Waals surface area contributed by atoms with E-state index in [4.69, 9.17) is 10.5 Å². The van der Waals surface area contributed by atoms with Crippen molar-refractivity contribution in [3.63, 3.8) is 0 Å². The van der Waals surface area contributed by atoms with Crippen LogP contribution in [0.25, 0.3) is 0 Å². The van der Waals surface area contributed by atoms with Crippen molar-refractivity contribution in [2.45, 2.75) is 38.1 Å². The van der Waals surface area contributed by atoms with E-state index < -0.39 is 0 Å². The summed E-state index contributed by atoms with van der Waals surface area (Å²) in [6.07, 6.45) is 3.38. The monoisotopic (exact) mass is 262 g/mol. The summed E-state index contributed by atoms with van der Waals surface area (Å²) < 4.78 is 5.28. The quantitative estimate of drug-likeness (QED) is 0.849. The van der Waals surface area contributed by atoms with Crippen molar-refractivity contribution in [2.75, 3.05) is 13.7 Å². The van der Waals surface area contributed by atoms with Crippen molar-refractivity contribution in [3.8, 4) is 5.75 Å². The van der Waals surface area contributed by atoms with Crippen LogP contribution < -0.4 is 15.8 Å². The number of nitrogens with two attached hydrogens (primary N) is 1. The smallest absolute Gasteiger partial charge is 0.219 e. The Morgan fingerprint density at radius 3 is 2.95 bits per heavy atom. The van der Waals surface area contributed by atoms with Gasteiger partial charge in [0.25, 0.3) is 0 Å². The topological polar surface area (TPSA) is 64.3 Å². The lowest BCUT2D eigenvalue weighted by Crippen LogP contribution is -2.47. The Kier molecular flexibility index (Phi) is 4.10. The Morgan fingerprint density at radius 1 is 1.53 bits per heavy atom. The van der Waals surface area contributed by atoms with Gasteiger partial charge < -0.3 is 15.8 Å². The van der Waals surface area contributed by atoms with Gasteiger partial charge in [-0.05, 0) is 49.1 Å². The summed E-state index contributed by atoms with van der Waals surface area (Å²) in [5.41, 5.74) is 7.60. The van der Waals surface area contributed by atoms with Crippen molar-refractivity contribution in [3.05, 3.63) is 29.3 Å². The Labute approximate surface area is 114 Å². The minimum absolute atomic E-state index is 0.260. The van der Waals surface area contributed by atoms with E-state index in [2.05, 4.69) is 24.4 Å². The first kappa shape index (κ1) is 13.9. The van der Waals surface area contributed by atoms with Gasteiger partial charge >= 0.3 is 0 Å². The van der Waals surface area contributed by atoms with Gasteiger partial charge in [0.1, 0.15) is 5.75 Å². The van der Waals surface area contributed by atoms with Crippen molar-refractivity contribution >= 4 is 5.91 Å². The standard InChI is InChI=1S/C15H22N2O2/c1-3-17-15(10-14(16)18)8-4-5-11-9-12(19-2)6-7-13(11)15/h6-7,9,17H,3-5,8,10H2,1-2H3,(H2,16,18). The van der Waals surface area contributed by atoms with Gasteiger partial charge in [0, 0.05) is 6.42 Å². The Hall–Kier alpha value is -1.55. The maximum Gasteiger partial charge on any atom is 0.219 e. The number of carbonyl (C=O) groups excluding carboxylic acids is 1. The van der Waals surface area contributed by atoms with Gasteiger partial charge in [-0.1, -0.05) is 13.0 Å². The fraction of sp³-hybridized carbons (Fsp3) is 0.533. The molecule has 1 amide bonds. The first-order chi connectivity index (χ1) is 9.11. The normalized spacial score (nSPS) is 21.8. The number of primary amides is 1. The maximum absolute atomic E-state index is 11.4. The van der Waals surface area contributed by atoms with Crippen LogP contribution in [-0.4, -0.2) is 19.6 Å². The van der Waals surface area contributed by atoms with E-state index in [0.717, 1.165) is 31.6 Å². The third-order valence-electron chi connectivity index (χ3n) is 3.87. The highest BCUT2D eigenvalue weighted by atomic mass is 16.5. The molecule has 19 heavy (non-hydrogen) atoms. The highest BCUT2D eigenvalue weighted by Crippen LogP contribution is 2.39. The largest absolute Gasteiger partial charge is 0.497 e. The number of benzene rings is 1. The minimum Gasteiger partial charge on any atom is -0.497 e. The second kappa shape index (κ2) is 5.61. The van der Waals surface area contributed by atoms with Gasteiger partial charge in [-0.15, -0.1) is 0 Å². The van der Waals surface area contributed by atoms with Gasteiger partial charge in [0.15, 0.2) is 0 Å². The number of rotatable bonds is 5. The molecule has 4 nitrogen and oxygen atoms in total. The highest BCUT2D eigenvalue weighted by Gasteiger charge is 2.37. The number of fused-ring (bicyclic) bond motifs is 1. The molecule has 4 heteroatoms. The Morgan fingerprint density at radius 2 is 2.32 bits per heavy atom. The van der Waals surface area contributed by atoms with E-state index in [1.165, 1.54) is 11.1 Å². The van der Waals surface area contributed by atoms with E-state index in [1.54, 1.807) is 7.11 Å². The van der Waals surface area contributed by atoms with Gasteiger partial charge in [-0.25, -0.2) is 0 Å². The molecule has 0 saturated carbocycles. The average Bonchev–Trinajstić information content (AvgIpc) is 2.38. The second-order valence-electron chi connectivity index (χ2n) is 5.13. The molecule has 0 radical (unpaired) electrons. The molecular weight excluding hydrogens is 240 g/mol. The van der Waals surface area contributed by atoms with Crippen LogP contribution in [0, 0.1) is 0 Å². The molecule has 1 atom stereocenters. The number of ether oxygens (including phenoxy) is 1. The summed E-state index contributed by atoms with van der Waals surface area (Å²) >= 11 is 0. The van der Waals surface area contributed by atoms with E-state index in [-0.39, 0.29) is 11.4 Å². The van der Waals surface area contributed by atoms with E-state index >= 15 is 0 Å². The SMILES string of the molecule is CCNC1(CC(N)=O)CCCc2cc(OC)ccc21. The molecule has 104 valence electrons. The summed E-state index contributed by atoms with van der Waals surface area (Å²) in [6.45, 7) is 2.87. The zero-order valence-corrected chi connectivity index (χ0v) is 11.7. The first-order valence-electron chi connectivity index (χ1n) is 6.82. The van der Waals surface area contributed by atoms with Crippen LogP contribution in [0.15, 0.2) is 18.2 Å². The molecule has 0 saturated heterocycles. The lowest BCUT2D eigenvalue weighted by molar-refractivity contribution is -0.119. The van der Waals surface area contributed by atoms with Gasteiger partial charge in [0.05, 0.1) is 12.6 Å². The summed E-state index contributed by atoms with van der Waals surface area (Å²) in [5.74, 6) is 0.606. The summed E-state index contributed by atoms with van der Waals surface area (Å²) in [6, 6.07) is 6.09. The summed E-state index contributed by atoms with van der Waals surface area (Å²) in [7, 11) is 1.67. The minimum atomic E-state index is -0.305. The van der Waals surface area contributed by atoms with Crippen LogP contribution >= 0.6 is 0 Å². The van der Waals surface area contributed by atoms with Crippen LogP contribution in [0.2, 0.25) is 0 Å². The molecule has 3 N–H and O–H groups in total. The third-order valence-corrected chi connectivity index (χ3v) is 3.87. The Balaban J connectivity index is 2.44. The Bertz CT molecular complexity index is 473. The van der Waals surface area contributed by atoms with Gasteiger partial charge in [-0.3, -0.25) is 4.79 Å². The van der Waals surface area contributed by atoms with Crippen molar-refractivity contribution in [1.82, 2.24) is 5.32 Å². The number of methoxy groups -OCH3 is 1. The summed E-state index contributed by atoms with van der Waals surface area (Å²) in [5, 5.41) is 3.48. The highest BCUT2D eigenvalue weighted by molar-refractivity contribution is 5.75. The van der Waals surface area contributed by atoms with Crippen LogP contribution in [0.3, 0.4) is 0 Å². The van der Waals surface area contributed by atoms with Crippen LogP contribution in [0.1, 0.15) is 37.3 Å². The predicted molar refractivity (Wildman–Crippen MR) is 75.1 cm³/mol. The number of carbonyl (C=O) groups is 1. The van der Waals surface area contributed by atoms with Crippen molar-refractivity contribution in [2.24, 2.45) is 5.73 Å². The van der Waals surface area contributed by atoms with Gasteiger partial charge in [-0.2, -0.15) is 0 Å². The average molecular weight is 262 g/mol. The molecule has 1 aliphatic rings. The van der Waals surface area contributed by atoms with E-state index in [0.29, 0.717) is 6.42 Å². The number of aryl methyl sites for hydroxylation is 1. The van der Waals surface area contributed by atoms with Crippen LogP contribution in [0.5, 0.6) is 5.75 Å². The molecule has 0 spiro atoms. The molecule has 0 heterocycles. The molecule has 0 fully saturated rings. The zero-order chi connectivity index (χ0) is 13.9. The number of nitrogens with one attached hydrogen (secondary N) is 1. The van der Waals surface area contributed by atoms with Crippen LogP contribution in [0.4, 0.5) is 0 Å². The zero-order valence-electron chi connectivity index (χ0n) is 11.7. The molecule has 0 bridgehead atoms. The molecular formula is C15H22N2O2. The maximum atomic E-state index is 11.4. The first-order valence-corrected chi connectivity index (χ1v) is 6.82. The molecule has 0 aromatic heterocycles. The lowest BCUT2D eigenvalue weighted by Gasteiger charge is -2.39. The molecule has 1 unspecified atom stereocenters. The molecule has 1 aliphatic carbocycles. The molecule has 0 aliphatic heterocycles. The van der Waals surface area contributed by atoms with Crippen molar-refractivity contribution < 1.29 is 9.53 Å². The number of hydrogen-bond donors (Lipinski definition) is 2. The van der Waals surface area contributed by atoms with Crippen molar-refractivity contribution in [1.29, 1.82) is 0 Å². The number of amides is 1. The third kappa shape index (κ3) is 2.73. The predicted octanol–water partition coefficient (Wildman–Crippen LogP) is 1.71. The van der Waals surface area contributed by atoms with E-state index in [9.17, 15) is 4.79 Å². The second-order valence-corrected chi connectivity index (χ2v) is 5.13. The van der Waals surface area contributed by atoms with E-state index in [1.807, 2.05) is 6.07 Å². The fourth-order valence-electron chi connectivity index (χ4n) is 3.15.